The summed E-state index contributed by atoms with van der Waals surface area (Å²) in [7, 11) is 0. The third kappa shape index (κ3) is 3.48. The van der Waals surface area contributed by atoms with Crippen LogP contribution in [0.3, 0.4) is 0 Å². The molecule has 1 aromatic heterocycles. The van der Waals surface area contributed by atoms with Crippen LogP contribution in [0.15, 0.2) is 18.2 Å². The van der Waals surface area contributed by atoms with Gasteiger partial charge >= 0.3 is 5.97 Å². The molecule has 138 valence electrons. The van der Waals surface area contributed by atoms with Gasteiger partial charge in [0.25, 0.3) is 5.91 Å². The van der Waals surface area contributed by atoms with Gasteiger partial charge < -0.3 is 14.6 Å². The minimum absolute atomic E-state index is 0.0830. The van der Waals surface area contributed by atoms with Crippen LogP contribution in [0.2, 0.25) is 0 Å². The first-order chi connectivity index (χ1) is 12.7. The van der Waals surface area contributed by atoms with Crippen LogP contribution in [0.5, 0.6) is 0 Å². The quantitative estimate of drug-likeness (QED) is 0.857. The molecule has 0 unspecified atom stereocenters. The number of carbonyl (C=O) groups excluding carboxylic acids is 2. The molecule has 0 atom stereocenters. The Morgan fingerprint density at radius 1 is 1.00 bits per heavy atom. The van der Waals surface area contributed by atoms with Crippen molar-refractivity contribution in [2.75, 3.05) is 19.7 Å². The van der Waals surface area contributed by atoms with Crippen molar-refractivity contribution in [3.63, 3.8) is 0 Å². The smallest absolute Gasteiger partial charge is 0.338 e. The number of hydrogen-bond acceptors (Lipinski definition) is 3. The summed E-state index contributed by atoms with van der Waals surface area (Å²) >= 11 is 0. The number of aromatic amines is 1. The summed E-state index contributed by atoms with van der Waals surface area (Å²) in [5.41, 5.74) is 4.23. The maximum absolute atomic E-state index is 12.4. The van der Waals surface area contributed by atoms with E-state index in [1.165, 1.54) is 36.9 Å². The molecule has 1 aliphatic carbocycles. The Kier molecular flexibility index (Phi) is 4.96. The van der Waals surface area contributed by atoms with Gasteiger partial charge in [0, 0.05) is 29.7 Å². The van der Waals surface area contributed by atoms with Crippen molar-refractivity contribution in [2.45, 2.75) is 51.4 Å². The Balaban J connectivity index is 1.43. The van der Waals surface area contributed by atoms with Gasteiger partial charge in [-0.1, -0.05) is 12.8 Å². The molecular formula is C21H26N2O3. The molecule has 1 aromatic carbocycles. The Morgan fingerprint density at radius 3 is 2.58 bits per heavy atom. The standard InChI is InChI=1S/C21H26N2O3/c24-20(23-11-5-1-2-6-12-23)14-26-21(25)15-9-10-19-17(13-15)16-7-3-4-8-18(16)22-19/h9-10,13,22H,1-8,11-12,14H2. The van der Waals surface area contributed by atoms with Gasteiger partial charge in [-0.3, -0.25) is 4.79 Å². The number of H-pyrrole nitrogens is 1. The molecule has 1 saturated heterocycles. The molecular weight excluding hydrogens is 328 g/mol. The Bertz CT molecular complexity index is 816. The molecule has 0 radical (unpaired) electrons. The molecule has 0 spiro atoms. The molecule has 4 rings (SSSR count). The first-order valence-corrected chi connectivity index (χ1v) is 9.81. The van der Waals surface area contributed by atoms with Crippen molar-refractivity contribution in [3.8, 4) is 0 Å². The zero-order valence-corrected chi connectivity index (χ0v) is 15.2. The van der Waals surface area contributed by atoms with E-state index in [1.54, 1.807) is 6.07 Å². The number of rotatable bonds is 3. The lowest BCUT2D eigenvalue weighted by Crippen LogP contribution is -2.35. The summed E-state index contributed by atoms with van der Waals surface area (Å²) in [4.78, 5) is 30.0. The van der Waals surface area contributed by atoms with Crippen LogP contribution in [-0.2, 0) is 22.4 Å². The number of ether oxygens (including phenoxy) is 1. The second-order valence-corrected chi connectivity index (χ2v) is 7.42. The van der Waals surface area contributed by atoms with Crippen LogP contribution in [0.25, 0.3) is 10.9 Å². The minimum Gasteiger partial charge on any atom is -0.452 e. The van der Waals surface area contributed by atoms with E-state index in [0.717, 1.165) is 49.7 Å². The average Bonchev–Trinajstić information content (AvgIpc) is 2.83. The SMILES string of the molecule is O=C(OCC(=O)N1CCCCCC1)c1ccc2[nH]c3c(c2c1)CCCC3. The van der Waals surface area contributed by atoms with Gasteiger partial charge in [-0.15, -0.1) is 0 Å². The highest BCUT2D eigenvalue weighted by atomic mass is 16.5. The summed E-state index contributed by atoms with van der Waals surface area (Å²) in [6.07, 6.45) is 8.96. The first kappa shape index (κ1) is 17.1. The van der Waals surface area contributed by atoms with Gasteiger partial charge in [0.1, 0.15) is 0 Å². The van der Waals surface area contributed by atoms with E-state index >= 15 is 0 Å². The van der Waals surface area contributed by atoms with E-state index in [4.69, 9.17) is 4.74 Å². The summed E-state index contributed by atoms with van der Waals surface area (Å²) in [5.74, 6) is -0.499. The van der Waals surface area contributed by atoms with E-state index in [1.807, 2.05) is 17.0 Å². The fourth-order valence-electron chi connectivity index (χ4n) is 4.15. The number of esters is 1. The zero-order valence-electron chi connectivity index (χ0n) is 15.2. The lowest BCUT2D eigenvalue weighted by molar-refractivity contribution is -0.134. The lowest BCUT2D eigenvalue weighted by atomic mass is 9.95. The molecule has 1 fully saturated rings. The number of benzene rings is 1. The monoisotopic (exact) mass is 354 g/mol. The number of fused-ring (bicyclic) bond motifs is 3. The van der Waals surface area contributed by atoms with E-state index < -0.39 is 5.97 Å². The van der Waals surface area contributed by atoms with Gasteiger partial charge in [-0.2, -0.15) is 0 Å². The van der Waals surface area contributed by atoms with Gasteiger partial charge in [-0.25, -0.2) is 4.79 Å². The largest absolute Gasteiger partial charge is 0.452 e. The van der Waals surface area contributed by atoms with Crippen molar-refractivity contribution < 1.29 is 14.3 Å². The molecule has 5 nitrogen and oxygen atoms in total. The molecule has 2 aliphatic rings. The van der Waals surface area contributed by atoms with Crippen LogP contribution in [-0.4, -0.2) is 41.5 Å². The predicted octanol–water partition coefficient (Wildman–Crippen LogP) is 3.61. The number of nitrogens with one attached hydrogen (secondary N) is 1. The van der Waals surface area contributed by atoms with Crippen molar-refractivity contribution in [1.29, 1.82) is 0 Å². The van der Waals surface area contributed by atoms with E-state index in [9.17, 15) is 9.59 Å². The fraction of sp³-hybridized carbons (Fsp3) is 0.524. The molecule has 5 heteroatoms. The molecule has 1 N–H and O–H groups in total. The van der Waals surface area contributed by atoms with Gasteiger partial charge in [0.2, 0.25) is 0 Å². The third-order valence-corrected chi connectivity index (χ3v) is 5.62. The molecule has 1 aliphatic heterocycles. The number of likely N-dealkylation sites (tertiary alicyclic amines) is 1. The number of aromatic nitrogens is 1. The highest BCUT2D eigenvalue weighted by Gasteiger charge is 2.20. The van der Waals surface area contributed by atoms with E-state index in [2.05, 4.69) is 4.98 Å². The van der Waals surface area contributed by atoms with Crippen LogP contribution < -0.4 is 0 Å². The number of amides is 1. The highest BCUT2D eigenvalue weighted by molar-refractivity contribution is 5.97. The summed E-state index contributed by atoms with van der Waals surface area (Å²) in [6.45, 7) is 1.39. The van der Waals surface area contributed by atoms with Gasteiger partial charge in [0.05, 0.1) is 5.56 Å². The lowest BCUT2D eigenvalue weighted by Gasteiger charge is -2.19. The minimum atomic E-state index is -0.416. The van der Waals surface area contributed by atoms with Gasteiger partial charge in [0.15, 0.2) is 6.61 Å². The van der Waals surface area contributed by atoms with Crippen molar-refractivity contribution in [1.82, 2.24) is 9.88 Å². The molecule has 26 heavy (non-hydrogen) atoms. The summed E-state index contributed by atoms with van der Waals surface area (Å²) in [5, 5.41) is 1.12. The van der Waals surface area contributed by atoms with E-state index in [-0.39, 0.29) is 12.5 Å². The van der Waals surface area contributed by atoms with Gasteiger partial charge in [-0.05, 0) is 62.3 Å². The topological polar surface area (TPSA) is 62.4 Å². The van der Waals surface area contributed by atoms with E-state index in [0.29, 0.717) is 5.56 Å². The molecule has 2 aromatic rings. The van der Waals surface area contributed by atoms with Crippen molar-refractivity contribution in [2.24, 2.45) is 0 Å². The number of nitrogens with zero attached hydrogens (tertiary/aromatic N) is 1. The van der Waals surface area contributed by atoms with Crippen LogP contribution in [0.1, 0.15) is 60.1 Å². The maximum atomic E-state index is 12.4. The Labute approximate surface area is 153 Å². The van der Waals surface area contributed by atoms with Crippen molar-refractivity contribution in [3.05, 3.63) is 35.0 Å². The second kappa shape index (κ2) is 7.52. The molecule has 0 saturated carbocycles. The van der Waals surface area contributed by atoms with Crippen molar-refractivity contribution >= 4 is 22.8 Å². The Hall–Kier alpha value is -2.30. The molecule has 1 amide bonds. The molecule has 0 bridgehead atoms. The van der Waals surface area contributed by atoms with Crippen LogP contribution >= 0.6 is 0 Å². The second-order valence-electron chi connectivity index (χ2n) is 7.42. The number of aryl methyl sites for hydroxylation is 2. The first-order valence-electron chi connectivity index (χ1n) is 9.81. The zero-order chi connectivity index (χ0) is 17.9. The average molecular weight is 354 g/mol. The highest BCUT2D eigenvalue weighted by Crippen LogP contribution is 2.29. The van der Waals surface area contributed by atoms with Crippen LogP contribution in [0.4, 0.5) is 0 Å². The maximum Gasteiger partial charge on any atom is 0.338 e. The summed E-state index contributed by atoms with van der Waals surface area (Å²) in [6, 6.07) is 5.64. The third-order valence-electron chi connectivity index (χ3n) is 5.62. The normalized spacial score (nSPS) is 17.6. The fourth-order valence-corrected chi connectivity index (χ4v) is 4.15. The number of carbonyl (C=O) groups is 2. The molecule has 2 heterocycles. The van der Waals surface area contributed by atoms with Crippen LogP contribution in [0, 0.1) is 0 Å². The summed E-state index contributed by atoms with van der Waals surface area (Å²) < 4.78 is 5.31. The predicted molar refractivity (Wildman–Crippen MR) is 100 cm³/mol. The number of hydrogen-bond donors (Lipinski definition) is 1. The Morgan fingerprint density at radius 2 is 1.77 bits per heavy atom.